The average Bonchev–Trinajstić information content (AvgIpc) is 2.33. The van der Waals surface area contributed by atoms with Crippen LogP contribution in [0.15, 0.2) is 18.2 Å². The van der Waals surface area contributed by atoms with Gasteiger partial charge in [-0.15, -0.1) is 0 Å². The van der Waals surface area contributed by atoms with Crippen molar-refractivity contribution < 1.29 is 22.3 Å². The third-order valence-electron chi connectivity index (χ3n) is 2.43. The Morgan fingerprint density at radius 1 is 1.22 bits per heavy atom. The number of hydrogen-bond donors (Lipinski definition) is 0. The quantitative estimate of drug-likeness (QED) is 0.692. The molecule has 0 aliphatic heterocycles. The Hall–Kier alpha value is -1.26. The summed E-state index contributed by atoms with van der Waals surface area (Å²) in [5.74, 6) is 0.415. The number of aryl methyl sites for hydroxylation is 1. The van der Waals surface area contributed by atoms with Gasteiger partial charge in [0.1, 0.15) is 5.75 Å². The maximum Gasteiger partial charge on any atom is 0.416 e. The second kappa shape index (κ2) is 6.61. The van der Waals surface area contributed by atoms with Crippen LogP contribution < -0.4 is 4.74 Å². The summed E-state index contributed by atoms with van der Waals surface area (Å²) in [4.78, 5) is 0. The van der Waals surface area contributed by atoms with Gasteiger partial charge in [-0.05, 0) is 43.0 Å². The molecule has 0 saturated heterocycles. The Kier molecular flexibility index (Phi) is 5.44. The summed E-state index contributed by atoms with van der Waals surface area (Å²) in [6.45, 7) is 1.79. The average molecular weight is 264 g/mol. The van der Waals surface area contributed by atoms with Crippen LogP contribution in [-0.2, 0) is 12.6 Å². The van der Waals surface area contributed by atoms with Gasteiger partial charge in [-0.1, -0.05) is 6.92 Å². The molecule has 18 heavy (non-hydrogen) atoms. The highest BCUT2D eigenvalue weighted by Gasteiger charge is 2.31. The second-order valence-corrected chi connectivity index (χ2v) is 3.96. The predicted octanol–water partition coefficient (Wildman–Crippen LogP) is 4.40. The van der Waals surface area contributed by atoms with Crippen molar-refractivity contribution in [3.05, 3.63) is 29.3 Å². The van der Waals surface area contributed by atoms with E-state index in [1.807, 2.05) is 6.92 Å². The number of hydrogen-bond acceptors (Lipinski definition) is 1. The summed E-state index contributed by atoms with van der Waals surface area (Å²) in [6, 6.07) is 3.34. The Morgan fingerprint density at radius 2 is 1.94 bits per heavy atom. The molecule has 0 amide bonds. The van der Waals surface area contributed by atoms with Crippen LogP contribution in [0.5, 0.6) is 5.75 Å². The topological polar surface area (TPSA) is 9.23 Å². The molecule has 1 rings (SSSR count). The maximum absolute atomic E-state index is 12.6. The fourth-order valence-corrected chi connectivity index (χ4v) is 1.56. The molecule has 1 nitrogen and oxygen atoms in total. The third kappa shape index (κ3) is 4.20. The summed E-state index contributed by atoms with van der Waals surface area (Å²) >= 11 is 0. The molecule has 0 heterocycles. The zero-order valence-corrected chi connectivity index (χ0v) is 10.2. The Labute approximate surface area is 104 Å². The molecule has 0 aliphatic rings. The maximum atomic E-state index is 12.6. The molecule has 0 saturated carbocycles. The zero-order valence-electron chi connectivity index (χ0n) is 10.2. The van der Waals surface area contributed by atoms with Crippen LogP contribution >= 0.6 is 0 Å². The van der Waals surface area contributed by atoms with Crippen LogP contribution in [0.4, 0.5) is 17.6 Å². The Bertz CT molecular complexity index is 374. The van der Waals surface area contributed by atoms with Crippen LogP contribution in [0.1, 0.15) is 30.9 Å². The molecule has 0 spiro atoms. The van der Waals surface area contributed by atoms with E-state index < -0.39 is 18.4 Å². The van der Waals surface area contributed by atoms with Crippen molar-refractivity contribution in [2.24, 2.45) is 0 Å². The predicted molar refractivity (Wildman–Crippen MR) is 61.5 cm³/mol. The fourth-order valence-electron chi connectivity index (χ4n) is 1.56. The molecule has 0 radical (unpaired) electrons. The minimum absolute atomic E-state index is 0.198. The summed E-state index contributed by atoms with van der Waals surface area (Å²) < 4.78 is 55.2. The van der Waals surface area contributed by atoms with E-state index in [0.29, 0.717) is 17.9 Å². The van der Waals surface area contributed by atoms with Crippen LogP contribution in [0, 0.1) is 0 Å². The monoisotopic (exact) mass is 264 g/mol. The van der Waals surface area contributed by atoms with Gasteiger partial charge in [0.05, 0.1) is 18.8 Å². The van der Waals surface area contributed by atoms with E-state index >= 15 is 0 Å². The van der Waals surface area contributed by atoms with Gasteiger partial charge >= 0.3 is 6.18 Å². The molecule has 102 valence electrons. The van der Waals surface area contributed by atoms with Gasteiger partial charge in [-0.3, -0.25) is 4.39 Å². The number of rotatable bonds is 6. The van der Waals surface area contributed by atoms with Crippen molar-refractivity contribution in [3.8, 4) is 5.75 Å². The van der Waals surface area contributed by atoms with E-state index in [1.165, 1.54) is 6.07 Å². The van der Waals surface area contributed by atoms with E-state index in [4.69, 9.17) is 4.74 Å². The number of halogens is 4. The molecular weight excluding hydrogens is 248 g/mol. The Balaban J connectivity index is 2.96. The normalized spacial score (nSPS) is 11.6. The van der Waals surface area contributed by atoms with Crippen LogP contribution in [0.2, 0.25) is 0 Å². The fraction of sp³-hybridized carbons (Fsp3) is 0.538. The van der Waals surface area contributed by atoms with E-state index in [2.05, 4.69) is 0 Å². The smallest absolute Gasteiger partial charge is 0.416 e. The molecule has 0 N–H and O–H groups in total. The van der Waals surface area contributed by atoms with Gasteiger partial charge in [0.2, 0.25) is 0 Å². The summed E-state index contributed by atoms with van der Waals surface area (Å²) in [6.07, 6.45) is -3.17. The third-order valence-corrected chi connectivity index (χ3v) is 2.43. The molecule has 0 fully saturated rings. The van der Waals surface area contributed by atoms with E-state index in [-0.39, 0.29) is 12.8 Å². The molecule has 1 aromatic carbocycles. The lowest BCUT2D eigenvalue weighted by Crippen LogP contribution is -2.07. The van der Waals surface area contributed by atoms with Crippen molar-refractivity contribution in [1.29, 1.82) is 0 Å². The number of ether oxygens (including phenoxy) is 1. The standard InChI is InChI=1S/C13H16F4O/c1-2-8-18-12-6-5-11(13(15,16)17)9-10(12)4-3-7-14/h5-6,9H,2-4,7-8H2,1H3. The highest BCUT2D eigenvalue weighted by Crippen LogP contribution is 2.33. The van der Waals surface area contributed by atoms with Crippen LogP contribution in [0.3, 0.4) is 0 Å². The molecule has 0 aliphatic carbocycles. The minimum atomic E-state index is -4.38. The van der Waals surface area contributed by atoms with Crippen molar-refractivity contribution in [3.63, 3.8) is 0 Å². The first kappa shape index (κ1) is 14.8. The van der Waals surface area contributed by atoms with Crippen LogP contribution in [0.25, 0.3) is 0 Å². The lowest BCUT2D eigenvalue weighted by molar-refractivity contribution is -0.137. The number of benzene rings is 1. The van der Waals surface area contributed by atoms with Crippen molar-refractivity contribution in [2.45, 2.75) is 32.4 Å². The number of alkyl halides is 4. The first-order valence-corrected chi connectivity index (χ1v) is 5.88. The van der Waals surface area contributed by atoms with Gasteiger partial charge in [0.25, 0.3) is 0 Å². The van der Waals surface area contributed by atoms with Crippen molar-refractivity contribution in [1.82, 2.24) is 0 Å². The zero-order chi connectivity index (χ0) is 13.6. The molecule has 0 aromatic heterocycles. The van der Waals surface area contributed by atoms with Gasteiger partial charge < -0.3 is 4.74 Å². The summed E-state index contributed by atoms with van der Waals surface area (Å²) in [7, 11) is 0. The Morgan fingerprint density at radius 3 is 2.50 bits per heavy atom. The molecular formula is C13H16F4O. The van der Waals surface area contributed by atoms with E-state index in [0.717, 1.165) is 18.6 Å². The minimum Gasteiger partial charge on any atom is -0.493 e. The SMILES string of the molecule is CCCOc1ccc(C(F)(F)F)cc1CCCF. The summed E-state index contributed by atoms with van der Waals surface area (Å²) in [5.41, 5.74) is -0.309. The van der Waals surface area contributed by atoms with Gasteiger partial charge in [-0.25, -0.2) is 0 Å². The molecule has 0 unspecified atom stereocenters. The summed E-state index contributed by atoms with van der Waals surface area (Å²) in [5, 5.41) is 0. The molecule has 5 heteroatoms. The largest absolute Gasteiger partial charge is 0.493 e. The first-order chi connectivity index (χ1) is 8.49. The lowest BCUT2D eigenvalue weighted by Gasteiger charge is -2.14. The lowest BCUT2D eigenvalue weighted by atomic mass is 10.0. The highest BCUT2D eigenvalue weighted by molar-refractivity contribution is 5.38. The van der Waals surface area contributed by atoms with Gasteiger partial charge in [0, 0.05) is 0 Å². The van der Waals surface area contributed by atoms with Gasteiger partial charge in [0.15, 0.2) is 0 Å². The van der Waals surface area contributed by atoms with E-state index in [1.54, 1.807) is 0 Å². The first-order valence-electron chi connectivity index (χ1n) is 5.88. The molecule has 1 aromatic rings. The van der Waals surface area contributed by atoms with E-state index in [9.17, 15) is 17.6 Å². The van der Waals surface area contributed by atoms with Gasteiger partial charge in [-0.2, -0.15) is 13.2 Å². The highest BCUT2D eigenvalue weighted by atomic mass is 19.4. The molecule has 0 atom stereocenters. The molecule has 0 bridgehead atoms. The van der Waals surface area contributed by atoms with Crippen LogP contribution in [-0.4, -0.2) is 13.3 Å². The van der Waals surface area contributed by atoms with Crippen molar-refractivity contribution >= 4 is 0 Å². The second-order valence-electron chi connectivity index (χ2n) is 3.96. The van der Waals surface area contributed by atoms with Crippen molar-refractivity contribution in [2.75, 3.05) is 13.3 Å².